The second kappa shape index (κ2) is 7.98. The first kappa shape index (κ1) is 18.4. The summed E-state index contributed by atoms with van der Waals surface area (Å²) in [6, 6.07) is 17.3. The fraction of sp³-hybridized carbons (Fsp3) is 0.304. The monoisotopic (exact) mass is 376 g/mol. The van der Waals surface area contributed by atoms with Crippen LogP contribution in [-0.4, -0.2) is 40.7 Å². The molecule has 3 aromatic rings. The summed E-state index contributed by atoms with van der Waals surface area (Å²) in [6.45, 7) is 0.742. The van der Waals surface area contributed by atoms with E-state index in [2.05, 4.69) is 16.0 Å². The SMILES string of the molecule is COc1cccc(C(c2cnc3ccccc3c2)N2CCCCC2C(=O)O)c1. The average Bonchev–Trinajstić information content (AvgIpc) is 2.74. The van der Waals surface area contributed by atoms with Gasteiger partial charge in [0.15, 0.2) is 0 Å². The van der Waals surface area contributed by atoms with Crippen LogP contribution < -0.4 is 4.74 Å². The summed E-state index contributed by atoms with van der Waals surface area (Å²) in [5.41, 5.74) is 2.95. The highest BCUT2D eigenvalue weighted by atomic mass is 16.5. The number of hydrogen-bond acceptors (Lipinski definition) is 4. The largest absolute Gasteiger partial charge is 0.497 e. The van der Waals surface area contributed by atoms with E-state index in [0.717, 1.165) is 47.2 Å². The first-order valence-corrected chi connectivity index (χ1v) is 9.64. The van der Waals surface area contributed by atoms with Gasteiger partial charge in [-0.2, -0.15) is 0 Å². The van der Waals surface area contributed by atoms with E-state index < -0.39 is 12.0 Å². The molecule has 2 atom stereocenters. The maximum Gasteiger partial charge on any atom is 0.320 e. The number of methoxy groups -OCH3 is 1. The lowest BCUT2D eigenvalue weighted by atomic mass is 9.92. The van der Waals surface area contributed by atoms with Crippen LogP contribution in [0.2, 0.25) is 0 Å². The highest BCUT2D eigenvalue weighted by Crippen LogP contribution is 2.36. The lowest BCUT2D eigenvalue weighted by Crippen LogP contribution is -2.46. The maximum absolute atomic E-state index is 12.0. The van der Waals surface area contributed by atoms with Crippen molar-refractivity contribution in [3.05, 3.63) is 71.9 Å². The lowest BCUT2D eigenvalue weighted by Gasteiger charge is -2.39. The summed E-state index contributed by atoms with van der Waals surface area (Å²) in [7, 11) is 1.65. The first-order chi connectivity index (χ1) is 13.7. The van der Waals surface area contributed by atoms with Crippen LogP contribution in [0.4, 0.5) is 0 Å². The minimum atomic E-state index is -0.763. The molecule has 4 rings (SSSR count). The third-order valence-corrected chi connectivity index (χ3v) is 5.50. The molecule has 0 saturated carbocycles. The fourth-order valence-corrected chi connectivity index (χ4v) is 4.15. The number of fused-ring (bicyclic) bond motifs is 1. The van der Waals surface area contributed by atoms with Crippen LogP contribution in [0.15, 0.2) is 60.8 Å². The molecule has 0 spiro atoms. The molecule has 2 heterocycles. The third kappa shape index (κ3) is 3.58. The van der Waals surface area contributed by atoms with E-state index in [-0.39, 0.29) is 6.04 Å². The highest BCUT2D eigenvalue weighted by Gasteiger charge is 2.35. The molecule has 0 amide bonds. The smallest absolute Gasteiger partial charge is 0.320 e. The quantitative estimate of drug-likeness (QED) is 0.720. The normalized spacial score (nSPS) is 18.7. The second-order valence-corrected chi connectivity index (χ2v) is 7.23. The van der Waals surface area contributed by atoms with E-state index in [1.54, 1.807) is 7.11 Å². The summed E-state index contributed by atoms with van der Waals surface area (Å²) < 4.78 is 5.42. The van der Waals surface area contributed by atoms with Crippen LogP contribution in [0.1, 0.15) is 36.4 Å². The van der Waals surface area contributed by atoms with Crippen molar-refractivity contribution in [2.75, 3.05) is 13.7 Å². The van der Waals surface area contributed by atoms with Gasteiger partial charge in [-0.25, -0.2) is 0 Å². The Morgan fingerprint density at radius 3 is 2.82 bits per heavy atom. The zero-order valence-corrected chi connectivity index (χ0v) is 15.9. The molecule has 144 valence electrons. The molecule has 28 heavy (non-hydrogen) atoms. The van der Waals surface area contributed by atoms with Gasteiger partial charge in [0.25, 0.3) is 0 Å². The Labute approximate surface area is 164 Å². The molecule has 0 aliphatic carbocycles. The number of rotatable bonds is 5. The molecule has 1 aliphatic rings. The van der Waals surface area contributed by atoms with Crippen molar-refractivity contribution in [2.45, 2.75) is 31.3 Å². The maximum atomic E-state index is 12.0. The zero-order valence-electron chi connectivity index (χ0n) is 15.9. The van der Waals surface area contributed by atoms with Gasteiger partial charge in [-0.15, -0.1) is 0 Å². The fourth-order valence-electron chi connectivity index (χ4n) is 4.15. The number of ether oxygens (including phenoxy) is 1. The summed E-state index contributed by atoms with van der Waals surface area (Å²) in [5, 5.41) is 10.9. The Bertz CT molecular complexity index is 988. The number of benzene rings is 2. The van der Waals surface area contributed by atoms with E-state index >= 15 is 0 Å². The third-order valence-electron chi connectivity index (χ3n) is 5.50. The van der Waals surface area contributed by atoms with Crippen LogP contribution in [-0.2, 0) is 4.79 Å². The number of hydrogen-bond donors (Lipinski definition) is 1. The summed E-state index contributed by atoms with van der Waals surface area (Å²) >= 11 is 0. The molecule has 1 N–H and O–H groups in total. The van der Waals surface area contributed by atoms with Gasteiger partial charge in [-0.3, -0.25) is 14.7 Å². The molecule has 1 fully saturated rings. The molecule has 2 aromatic carbocycles. The number of carbonyl (C=O) groups is 1. The topological polar surface area (TPSA) is 62.7 Å². The van der Waals surface area contributed by atoms with Crippen LogP contribution in [0, 0.1) is 0 Å². The standard InChI is InChI=1S/C23H24N2O3/c1-28-19-9-6-8-17(14-19)22(25-12-5-4-11-21(25)23(26)27)18-13-16-7-2-3-10-20(16)24-15-18/h2-3,6-10,13-15,21-22H,4-5,11-12H2,1H3,(H,26,27). The Morgan fingerprint density at radius 2 is 2.00 bits per heavy atom. The Morgan fingerprint density at radius 1 is 1.14 bits per heavy atom. The number of nitrogens with zero attached hydrogens (tertiary/aromatic N) is 2. The van der Waals surface area contributed by atoms with Crippen molar-refractivity contribution in [2.24, 2.45) is 0 Å². The number of pyridine rings is 1. The van der Waals surface area contributed by atoms with Crippen molar-refractivity contribution in [3.8, 4) is 5.75 Å². The van der Waals surface area contributed by atoms with E-state index in [1.165, 1.54) is 0 Å². The van der Waals surface area contributed by atoms with Crippen molar-refractivity contribution >= 4 is 16.9 Å². The molecule has 0 bridgehead atoms. The van der Waals surface area contributed by atoms with Gasteiger partial charge in [0.1, 0.15) is 11.8 Å². The van der Waals surface area contributed by atoms with Crippen LogP contribution in [0.3, 0.4) is 0 Å². The molecular weight excluding hydrogens is 352 g/mol. The zero-order chi connectivity index (χ0) is 19.5. The van der Waals surface area contributed by atoms with Gasteiger partial charge in [-0.05, 0) is 54.8 Å². The van der Waals surface area contributed by atoms with Crippen molar-refractivity contribution < 1.29 is 14.6 Å². The Balaban J connectivity index is 1.85. The average molecular weight is 376 g/mol. The van der Waals surface area contributed by atoms with Gasteiger partial charge in [0.2, 0.25) is 0 Å². The molecule has 5 heteroatoms. The molecular formula is C23H24N2O3. The molecule has 0 radical (unpaired) electrons. The van der Waals surface area contributed by atoms with Gasteiger partial charge < -0.3 is 9.84 Å². The first-order valence-electron chi connectivity index (χ1n) is 9.64. The molecule has 1 aromatic heterocycles. The van der Waals surface area contributed by atoms with Crippen molar-refractivity contribution in [1.29, 1.82) is 0 Å². The van der Waals surface area contributed by atoms with E-state index in [9.17, 15) is 9.90 Å². The van der Waals surface area contributed by atoms with Crippen molar-refractivity contribution in [3.63, 3.8) is 0 Å². The number of carboxylic acids is 1. The number of para-hydroxylation sites is 1. The van der Waals surface area contributed by atoms with Crippen LogP contribution in [0.5, 0.6) is 5.75 Å². The van der Waals surface area contributed by atoms with E-state index in [0.29, 0.717) is 6.42 Å². The Kier molecular flexibility index (Phi) is 5.26. The van der Waals surface area contributed by atoms with Gasteiger partial charge in [-0.1, -0.05) is 36.8 Å². The van der Waals surface area contributed by atoms with E-state index in [1.807, 2.05) is 54.7 Å². The molecule has 1 aliphatic heterocycles. The van der Waals surface area contributed by atoms with Gasteiger partial charge in [0.05, 0.1) is 18.7 Å². The number of piperidine rings is 1. The summed E-state index contributed by atoms with van der Waals surface area (Å²) in [6.07, 6.45) is 4.47. The Hall–Kier alpha value is -2.92. The van der Waals surface area contributed by atoms with Crippen LogP contribution >= 0.6 is 0 Å². The highest BCUT2D eigenvalue weighted by molar-refractivity contribution is 5.79. The molecule has 2 unspecified atom stereocenters. The predicted molar refractivity (Wildman–Crippen MR) is 109 cm³/mol. The molecule has 1 saturated heterocycles. The summed E-state index contributed by atoms with van der Waals surface area (Å²) in [4.78, 5) is 18.7. The minimum absolute atomic E-state index is 0.186. The predicted octanol–water partition coefficient (Wildman–Crippen LogP) is 4.27. The molecule has 5 nitrogen and oxygen atoms in total. The summed E-state index contributed by atoms with van der Waals surface area (Å²) in [5.74, 6) is 0.00137. The number of likely N-dealkylation sites (tertiary alicyclic amines) is 1. The number of carboxylic acid groups (broad SMARTS) is 1. The minimum Gasteiger partial charge on any atom is -0.497 e. The van der Waals surface area contributed by atoms with E-state index in [4.69, 9.17) is 4.74 Å². The van der Waals surface area contributed by atoms with Gasteiger partial charge in [0, 0.05) is 11.6 Å². The van der Waals surface area contributed by atoms with Crippen molar-refractivity contribution in [1.82, 2.24) is 9.88 Å². The second-order valence-electron chi connectivity index (χ2n) is 7.23. The van der Waals surface area contributed by atoms with Gasteiger partial charge >= 0.3 is 5.97 Å². The number of aromatic nitrogens is 1. The van der Waals surface area contributed by atoms with Crippen LogP contribution in [0.25, 0.3) is 10.9 Å². The lowest BCUT2D eigenvalue weighted by molar-refractivity contribution is -0.145. The number of aliphatic carboxylic acids is 1.